The van der Waals surface area contributed by atoms with Crippen molar-refractivity contribution >= 4 is 17.3 Å². The number of ether oxygens (including phenoxy) is 1. The Bertz CT molecular complexity index is 746. The van der Waals surface area contributed by atoms with E-state index in [2.05, 4.69) is 17.4 Å². The summed E-state index contributed by atoms with van der Waals surface area (Å²) in [5, 5.41) is 13.7. The first-order valence-electron chi connectivity index (χ1n) is 8.10. The highest BCUT2D eigenvalue weighted by Gasteiger charge is 2.39. The van der Waals surface area contributed by atoms with Crippen LogP contribution in [-0.2, 0) is 18.4 Å². The number of fused-ring (bicyclic) bond motifs is 3. The smallest absolute Gasteiger partial charge is 0.142 e. The fourth-order valence-electron chi connectivity index (χ4n) is 3.84. The number of nitrogens with one attached hydrogen (secondary N) is 1. The molecule has 1 spiro atoms. The van der Waals surface area contributed by atoms with Crippen LogP contribution in [0.15, 0.2) is 36.4 Å². The van der Waals surface area contributed by atoms with E-state index in [4.69, 9.17) is 16.3 Å². The number of anilines is 1. The largest absolute Gasteiger partial charge is 0.490 e. The zero-order chi connectivity index (χ0) is 15.9. The monoisotopic (exact) mass is 329 g/mol. The lowest BCUT2D eigenvalue weighted by molar-refractivity contribution is 0.210. The van der Waals surface area contributed by atoms with Crippen LogP contribution in [0.4, 0.5) is 5.69 Å². The van der Waals surface area contributed by atoms with Crippen molar-refractivity contribution in [3.8, 4) is 5.75 Å². The Labute approximate surface area is 141 Å². The summed E-state index contributed by atoms with van der Waals surface area (Å²) in [7, 11) is 0. The normalized spacial score (nSPS) is 22.5. The number of hydrogen-bond donors (Lipinski definition) is 2. The van der Waals surface area contributed by atoms with Gasteiger partial charge in [-0.15, -0.1) is 0 Å². The van der Waals surface area contributed by atoms with Crippen LogP contribution in [0.3, 0.4) is 0 Å². The highest BCUT2D eigenvalue weighted by molar-refractivity contribution is 6.30. The van der Waals surface area contributed by atoms with Crippen molar-refractivity contribution in [1.82, 2.24) is 0 Å². The molecule has 2 aromatic carbocycles. The van der Waals surface area contributed by atoms with Crippen LogP contribution >= 0.6 is 11.6 Å². The molecular formula is C19H20ClNO2. The molecule has 0 unspecified atom stereocenters. The van der Waals surface area contributed by atoms with E-state index in [1.54, 1.807) is 0 Å². The van der Waals surface area contributed by atoms with Crippen LogP contribution in [0.5, 0.6) is 5.75 Å². The number of aliphatic hydroxyl groups excluding tert-OH is 1. The zero-order valence-electron chi connectivity index (χ0n) is 12.9. The Morgan fingerprint density at radius 2 is 2.13 bits per heavy atom. The van der Waals surface area contributed by atoms with Gasteiger partial charge in [-0.2, -0.15) is 0 Å². The van der Waals surface area contributed by atoms with Gasteiger partial charge >= 0.3 is 0 Å². The minimum Gasteiger partial charge on any atom is -0.490 e. The van der Waals surface area contributed by atoms with E-state index in [1.807, 2.05) is 24.3 Å². The number of rotatable bonds is 1. The molecule has 2 aromatic rings. The lowest BCUT2D eigenvalue weighted by Crippen LogP contribution is -2.41. The van der Waals surface area contributed by atoms with Gasteiger partial charge in [0.25, 0.3) is 0 Å². The van der Waals surface area contributed by atoms with Gasteiger partial charge in [-0.3, -0.25) is 0 Å². The number of aryl methyl sites for hydroxylation is 1. The number of halogens is 1. The van der Waals surface area contributed by atoms with Gasteiger partial charge < -0.3 is 15.2 Å². The maximum absolute atomic E-state index is 9.33. The second-order valence-corrected chi connectivity index (χ2v) is 7.00. The lowest BCUT2D eigenvalue weighted by Gasteiger charge is -2.37. The van der Waals surface area contributed by atoms with E-state index in [0.29, 0.717) is 6.61 Å². The lowest BCUT2D eigenvalue weighted by atomic mass is 9.70. The highest BCUT2D eigenvalue weighted by Crippen LogP contribution is 2.42. The Kier molecular flexibility index (Phi) is 3.70. The quantitative estimate of drug-likeness (QED) is 0.833. The van der Waals surface area contributed by atoms with E-state index < -0.39 is 0 Å². The molecule has 0 radical (unpaired) electrons. The van der Waals surface area contributed by atoms with Gasteiger partial charge in [0.15, 0.2) is 0 Å². The highest BCUT2D eigenvalue weighted by atomic mass is 35.5. The molecule has 0 aromatic heterocycles. The summed E-state index contributed by atoms with van der Waals surface area (Å²) in [6.07, 6.45) is 3.34. The molecule has 1 heterocycles. The molecule has 120 valence electrons. The minimum absolute atomic E-state index is 0.0173. The molecule has 3 nitrogen and oxygen atoms in total. The van der Waals surface area contributed by atoms with E-state index in [1.165, 1.54) is 11.1 Å². The molecule has 23 heavy (non-hydrogen) atoms. The first kappa shape index (κ1) is 14.9. The molecule has 4 heteroatoms. The molecule has 0 bridgehead atoms. The number of hydrogen-bond acceptors (Lipinski definition) is 3. The Morgan fingerprint density at radius 1 is 1.22 bits per heavy atom. The third kappa shape index (κ3) is 2.58. The summed E-state index contributed by atoms with van der Waals surface area (Å²) < 4.78 is 6.15. The summed E-state index contributed by atoms with van der Waals surface area (Å²) in [6.45, 7) is 1.55. The molecule has 0 saturated carbocycles. The first-order chi connectivity index (χ1) is 11.2. The molecule has 2 aliphatic rings. The number of benzene rings is 2. The predicted molar refractivity (Wildman–Crippen MR) is 92.4 cm³/mol. The van der Waals surface area contributed by atoms with Crippen LogP contribution in [0.1, 0.15) is 29.5 Å². The molecule has 0 amide bonds. The summed E-state index contributed by atoms with van der Waals surface area (Å²) in [5.74, 6) is 0.861. The van der Waals surface area contributed by atoms with Gasteiger partial charge in [0, 0.05) is 17.0 Å². The summed E-state index contributed by atoms with van der Waals surface area (Å²) in [4.78, 5) is 0. The van der Waals surface area contributed by atoms with Gasteiger partial charge in [-0.05, 0) is 60.2 Å². The first-order valence-corrected chi connectivity index (χ1v) is 8.47. The summed E-state index contributed by atoms with van der Waals surface area (Å²) >= 11 is 6.17. The fraction of sp³-hybridized carbons (Fsp3) is 0.368. The fourth-order valence-corrected chi connectivity index (χ4v) is 4.04. The topological polar surface area (TPSA) is 41.5 Å². The van der Waals surface area contributed by atoms with Crippen molar-refractivity contribution in [1.29, 1.82) is 0 Å². The van der Waals surface area contributed by atoms with Crippen LogP contribution in [0.25, 0.3) is 0 Å². The van der Waals surface area contributed by atoms with Gasteiger partial charge in [-0.1, -0.05) is 23.7 Å². The standard InChI is InChI=1S/C19H20ClNO2/c20-15-4-5-16-14(9-15)2-1-7-19(16)11-21-17-8-13(10-22)3-6-18(17)23-12-19/h3-6,8-9,21-22H,1-2,7,10-12H2/t19-/m0/s1. The van der Waals surface area contributed by atoms with Crippen molar-refractivity contribution in [2.75, 3.05) is 18.5 Å². The molecule has 1 atom stereocenters. The van der Waals surface area contributed by atoms with E-state index in [-0.39, 0.29) is 12.0 Å². The molecule has 0 fully saturated rings. The molecule has 1 aliphatic heterocycles. The second-order valence-electron chi connectivity index (χ2n) is 6.57. The van der Waals surface area contributed by atoms with Crippen molar-refractivity contribution in [3.05, 3.63) is 58.1 Å². The van der Waals surface area contributed by atoms with Crippen molar-refractivity contribution < 1.29 is 9.84 Å². The second kappa shape index (κ2) is 5.73. The average Bonchev–Trinajstić information content (AvgIpc) is 2.75. The molecule has 0 saturated heterocycles. The van der Waals surface area contributed by atoms with Crippen LogP contribution in [-0.4, -0.2) is 18.3 Å². The van der Waals surface area contributed by atoms with E-state index in [0.717, 1.165) is 47.8 Å². The Hall–Kier alpha value is -1.71. The third-order valence-corrected chi connectivity index (χ3v) is 5.32. The molecule has 4 rings (SSSR count). The molecule has 1 aliphatic carbocycles. The van der Waals surface area contributed by atoms with E-state index >= 15 is 0 Å². The van der Waals surface area contributed by atoms with Crippen molar-refractivity contribution in [3.63, 3.8) is 0 Å². The predicted octanol–water partition coefficient (Wildman–Crippen LogP) is 3.91. The summed E-state index contributed by atoms with van der Waals surface area (Å²) in [6, 6.07) is 12.1. The van der Waals surface area contributed by atoms with Crippen LogP contribution in [0.2, 0.25) is 5.02 Å². The van der Waals surface area contributed by atoms with Crippen LogP contribution in [0, 0.1) is 0 Å². The Balaban J connectivity index is 1.70. The molecule has 2 N–H and O–H groups in total. The average molecular weight is 330 g/mol. The van der Waals surface area contributed by atoms with E-state index in [9.17, 15) is 5.11 Å². The maximum Gasteiger partial charge on any atom is 0.142 e. The van der Waals surface area contributed by atoms with Crippen molar-refractivity contribution in [2.24, 2.45) is 0 Å². The Morgan fingerprint density at radius 3 is 3.00 bits per heavy atom. The third-order valence-electron chi connectivity index (χ3n) is 5.09. The zero-order valence-corrected chi connectivity index (χ0v) is 13.7. The van der Waals surface area contributed by atoms with Crippen LogP contribution < -0.4 is 10.1 Å². The SMILES string of the molecule is OCc1ccc2c(c1)NC[C@@]1(CCCc3cc(Cl)ccc31)CO2. The molecular weight excluding hydrogens is 310 g/mol. The minimum atomic E-state index is -0.0173. The summed E-state index contributed by atoms with van der Waals surface area (Å²) in [5.41, 5.74) is 4.55. The van der Waals surface area contributed by atoms with Gasteiger partial charge in [0.2, 0.25) is 0 Å². The van der Waals surface area contributed by atoms with Gasteiger partial charge in [0.1, 0.15) is 5.75 Å². The maximum atomic E-state index is 9.33. The van der Waals surface area contributed by atoms with Gasteiger partial charge in [-0.25, -0.2) is 0 Å². The van der Waals surface area contributed by atoms with Crippen molar-refractivity contribution in [2.45, 2.75) is 31.3 Å². The number of aliphatic hydroxyl groups is 1. The van der Waals surface area contributed by atoms with Gasteiger partial charge in [0.05, 0.1) is 18.9 Å².